The van der Waals surface area contributed by atoms with Gasteiger partial charge in [0.1, 0.15) is 5.92 Å². The van der Waals surface area contributed by atoms with Crippen molar-refractivity contribution >= 4 is 11.4 Å². The van der Waals surface area contributed by atoms with Gasteiger partial charge in [-0.15, -0.1) is 0 Å². The largest absolute Gasteiger partial charge is 0.421 e. The van der Waals surface area contributed by atoms with Crippen molar-refractivity contribution < 1.29 is 49.7 Å². The van der Waals surface area contributed by atoms with Crippen LogP contribution in [-0.2, 0) is 11.2 Å². The van der Waals surface area contributed by atoms with Crippen LogP contribution in [-0.4, -0.2) is 28.7 Å². The maximum atomic E-state index is 14.2. The number of rotatable bonds is 4. The molecule has 0 aliphatic rings. The summed E-state index contributed by atoms with van der Waals surface area (Å²) in [6.45, 7) is 2.87. The lowest BCUT2D eigenvalue weighted by molar-refractivity contribution is -0.258. The van der Waals surface area contributed by atoms with Crippen molar-refractivity contribution in [2.24, 2.45) is 0 Å². The molecule has 0 bridgehead atoms. The molecule has 0 spiro atoms. The van der Waals surface area contributed by atoms with E-state index in [1.165, 1.54) is 0 Å². The fourth-order valence-corrected chi connectivity index (χ4v) is 3.67. The van der Waals surface area contributed by atoms with Crippen LogP contribution in [0.5, 0.6) is 0 Å². The first kappa shape index (κ1) is 28.6. The summed E-state index contributed by atoms with van der Waals surface area (Å²) < 4.78 is 123. The van der Waals surface area contributed by atoms with Crippen LogP contribution in [0.15, 0.2) is 24.3 Å². The van der Waals surface area contributed by atoms with Gasteiger partial charge < -0.3 is 21.7 Å². The molecule has 0 radical (unpaired) electrons. The number of nitrogens with two attached hydrogens (primary N) is 2. The molecule has 0 fully saturated rings. The van der Waals surface area contributed by atoms with Crippen LogP contribution >= 0.6 is 0 Å². The van der Waals surface area contributed by atoms with Crippen molar-refractivity contribution in [1.82, 2.24) is 0 Å². The predicted molar refractivity (Wildman–Crippen MR) is 110 cm³/mol. The van der Waals surface area contributed by atoms with Gasteiger partial charge in [-0.2, -0.15) is 39.5 Å². The highest BCUT2D eigenvalue weighted by atomic mass is 19.4. The molecule has 2 atom stereocenters. The van der Waals surface area contributed by atoms with Gasteiger partial charge in [-0.1, -0.05) is 12.1 Å². The lowest BCUT2D eigenvalue weighted by Gasteiger charge is -2.32. The van der Waals surface area contributed by atoms with Crippen LogP contribution in [0.2, 0.25) is 0 Å². The van der Waals surface area contributed by atoms with Gasteiger partial charge >= 0.3 is 18.5 Å². The zero-order valence-electron chi connectivity index (χ0n) is 18.8. The van der Waals surface area contributed by atoms with Gasteiger partial charge in [-0.05, 0) is 62.1 Å². The summed E-state index contributed by atoms with van der Waals surface area (Å²) in [5.74, 6) is -2.74. The summed E-state index contributed by atoms with van der Waals surface area (Å²) in [6.07, 6.45) is -15.8. The Hall–Kier alpha value is -2.67. The number of aryl methyl sites for hydroxylation is 2. The summed E-state index contributed by atoms with van der Waals surface area (Å²) in [4.78, 5) is 0. The van der Waals surface area contributed by atoms with Gasteiger partial charge in [-0.25, -0.2) is 0 Å². The lowest BCUT2D eigenvalue weighted by Crippen LogP contribution is -2.40. The van der Waals surface area contributed by atoms with E-state index in [9.17, 15) is 49.7 Å². The van der Waals surface area contributed by atoms with Crippen LogP contribution in [0, 0.1) is 13.8 Å². The molecular weight excluding hydrogens is 495 g/mol. The van der Waals surface area contributed by atoms with Crippen molar-refractivity contribution in [3.63, 3.8) is 0 Å². The fraction of sp³-hybridized carbons (Fsp3) is 0.455. The summed E-state index contributed by atoms with van der Waals surface area (Å²) >= 11 is 0. The maximum absolute atomic E-state index is 14.2. The number of hydrogen-bond donors (Lipinski definition) is 4. The third-order valence-corrected chi connectivity index (χ3v) is 5.97. The standard InChI is InChI=1S/C22H23F9N2O2/c1-9-5-11(7-13(16(9)32)18(3,34)21(26,27)28)15(20(23,24)25)12-6-10(2)17(33)14(8-12)19(4,35)22(29,30)31/h5-8,15,34-35H,32-33H2,1-4H3. The number of hydrogen-bond acceptors (Lipinski definition) is 4. The minimum absolute atomic E-state index is 0.231. The van der Waals surface area contributed by atoms with E-state index in [1.807, 2.05) is 0 Å². The number of benzene rings is 2. The second kappa shape index (κ2) is 8.47. The third-order valence-electron chi connectivity index (χ3n) is 5.97. The molecule has 2 aromatic rings. The number of halogens is 9. The zero-order valence-corrected chi connectivity index (χ0v) is 18.8. The number of aliphatic hydroxyl groups is 2. The molecule has 6 N–H and O–H groups in total. The molecular formula is C22H23F9N2O2. The van der Waals surface area contributed by atoms with Crippen LogP contribution in [0.4, 0.5) is 50.9 Å². The molecule has 0 aromatic heterocycles. The highest BCUT2D eigenvalue weighted by molar-refractivity contribution is 5.62. The molecule has 13 heteroatoms. The average Bonchev–Trinajstić information content (AvgIpc) is 2.63. The molecule has 2 aromatic carbocycles. The molecule has 196 valence electrons. The van der Waals surface area contributed by atoms with Gasteiger partial charge in [0.05, 0.1) is 0 Å². The summed E-state index contributed by atoms with van der Waals surface area (Å²) in [6, 6.07) is 2.50. The second-order valence-electron chi connectivity index (χ2n) is 8.71. The van der Waals surface area contributed by atoms with Crippen molar-refractivity contribution in [3.8, 4) is 0 Å². The predicted octanol–water partition coefficient (Wildman–Crippen LogP) is 5.70. The normalized spacial score (nSPS) is 17.6. The topological polar surface area (TPSA) is 92.5 Å². The molecule has 0 aliphatic carbocycles. The smallest absolute Gasteiger partial charge is 0.398 e. The molecule has 0 aliphatic heterocycles. The van der Waals surface area contributed by atoms with Gasteiger partial charge in [0.25, 0.3) is 0 Å². The molecule has 0 amide bonds. The van der Waals surface area contributed by atoms with E-state index in [0.717, 1.165) is 26.0 Å². The zero-order chi connectivity index (χ0) is 27.5. The SMILES string of the molecule is Cc1cc(C(c2cc(C)c(N)c(C(C)(O)C(F)(F)F)c2)C(F)(F)F)cc(C(C)(O)C(F)(F)F)c1N. The number of anilines is 2. The van der Waals surface area contributed by atoms with E-state index in [0.29, 0.717) is 26.0 Å². The number of nitrogen functional groups attached to an aromatic ring is 2. The van der Waals surface area contributed by atoms with Crippen LogP contribution in [0.1, 0.15) is 53.1 Å². The Labute approximate surface area is 194 Å². The van der Waals surface area contributed by atoms with Crippen molar-refractivity contribution in [2.45, 2.75) is 63.3 Å². The highest BCUT2D eigenvalue weighted by Gasteiger charge is 2.54. The first-order chi connectivity index (χ1) is 15.4. The lowest BCUT2D eigenvalue weighted by atomic mass is 9.81. The highest BCUT2D eigenvalue weighted by Crippen LogP contribution is 2.48. The van der Waals surface area contributed by atoms with E-state index < -0.39 is 69.3 Å². The Bertz CT molecular complexity index is 1040. The van der Waals surface area contributed by atoms with Gasteiger partial charge in [0.2, 0.25) is 0 Å². The monoisotopic (exact) mass is 518 g/mol. The van der Waals surface area contributed by atoms with E-state index >= 15 is 0 Å². The van der Waals surface area contributed by atoms with Crippen molar-refractivity contribution in [1.29, 1.82) is 0 Å². The first-order valence-electron chi connectivity index (χ1n) is 9.90. The van der Waals surface area contributed by atoms with Gasteiger partial charge in [0.15, 0.2) is 11.2 Å². The number of alkyl halides is 9. The fourth-order valence-electron chi connectivity index (χ4n) is 3.67. The maximum Gasteiger partial charge on any atom is 0.421 e. The molecule has 35 heavy (non-hydrogen) atoms. The van der Waals surface area contributed by atoms with E-state index in [1.54, 1.807) is 0 Å². The van der Waals surface area contributed by atoms with E-state index in [2.05, 4.69) is 0 Å². The van der Waals surface area contributed by atoms with E-state index in [4.69, 9.17) is 11.5 Å². The van der Waals surface area contributed by atoms with Crippen LogP contribution < -0.4 is 11.5 Å². The van der Waals surface area contributed by atoms with Gasteiger partial charge in [-0.3, -0.25) is 0 Å². The Morgan fingerprint density at radius 3 is 1.14 bits per heavy atom. The Kier molecular flexibility index (Phi) is 6.91. The second-order valence-corrected chi connectivity index (χ2v) is 8.71. The third kappa shape index (κ3) is 5.01. The first-order valence-corrected chi connectivity index (χ1v) is 9.90. The molecule has 2 rings (SSSR count). The molecule has 0 saturated carbocycles. The summed E-state index contributed by atoms with van der Waals surface area (Å²) in [7, 11) is 0. The average molecular weight is 518 g/mol. The quantitative estimate of drug-likeness (QED) is 0.309. The Morgan fingerprint density at radius 1 is 0.629 bits per heavy atom. The Balaban J connectivity index is 2.92. The van der Waals surface area contributed by atoms with Crippen molar-refractivity contribution in [3.05, 3.63) is 57.6 Å². The Morgan fingerprint density at radius 2 is 0.914 bits per heavy atom. The minimum atomic E-state index is -5.31. The van der Waals surface area contributed by atoms with Crippen LogP contribution in [0.25, 0.3) is 0 Å². The summed E-state index contributed by atoms with van der Waals surface area (Å²) in [5, 5.41) is 20.1. The molecule has 0 saturated heterocycles. The molecule has 4 nitrogen and oxygen atoms in total. The van der Waals surface area contributed by atoms with E-state index in [-0.39, 0.29) is 11.1 Å². The molecule has 0 heterocycles. The van der Waals surface area contributed by atoms with Crippen molar-refractivity contribution in [2.75, 3.05) is 11.5 Å². The van der Waals surface area contributed by atoms with Gasteiger partial charge in [0, 0.05) is 22.5 Å². The minimum Gasteiger partial charge on any atom is -0.398 e. The summed E-state index contributed by atoms with van der Waals surface area (Å²) in [5.41, 5.74) is -1.38. The van der Waals surface area contributed by atoms with Crippen LogP contribution in [0.3, 0.4) is 0 Å². The molecule has 2 unspecified atom stereocenters.